The summed E-state index contributed by atoms with van der Waals surface area (Å²) in [5, 5.41) is 12.5. The second-order valence-corrected chi connectivity index (χ2v) is 6.76. The molecule has 0 aliphatic carbocycles. The van der Waals surface area contributed by atoms with Crippen molar-refractivity contribution in [3.05, 3.63) is 35.9 Å². The zero-order chi connectivity index (χ0) is 17.6. The van der Waals surface area contributed by atoms with Gasteiger partial charge in [0.1, 0.15) is 0 Å². The minimum atomic E-state index is 0.0683. The lowest BCUT2D eigenvalue weighted by atomic mass is 9.98. The fraction of sp³-hybridized carbons (Fsp3) is 0.556. The maximum atomic E-state index is 12.4. The molecule has 0 unspecified atom stereocenters. The second-order valence-electron chi connectivity index (χ2n) is 6.76. The number of carbonyl (C=O) groups is 1. The van der Waals surface area contributed by atoms with Crippen LogP contribution in [0.15, 0.2) is 24.7 Å². The minimum absolute atomic E-state index is 0.0683. The maximum Gasteiger partial charge on any atom is 0.246 e. The summed E-state index contributed by atoms with van der Waals surface area (Å²) in [5.41, 5.74) is 1.99. The summed E-state index contributed by atoms with van der Waals surface area (Å²) in [4.78, 5) is 14.4. The molecule has 2 aromatic rings. The van der Waals surface area contributed by atoms with Gasteiger partial charge in [-0.15, -0.1) is 5.10 Å². The van der Waals surface area contributed by atoms with Gasteiger partial charge >= 0.3 is 0 Å². The molecule has 3 heterocycles. The van der Waals surface area contributed by atoms with E-state index >= 15 is 0 Å². The van der Waals surface area contributed by atoms with E-state index in [4.69, 9.17) is 0 Å². The van der Waals surface area contributed by atoms with Crippen molar-refractivity contribution in [2.75, 3.05) is 13.1 Å². The monoisotopic (exact) mass is 342 g/mol. The van der Waals surface area contributed by atoms with Crippen LogP contribution in [0.4, 0.5) is 0 Å². The van der Waals surface area contributed by atoms with E-state index in [1.54, 1.807) is 17.0 Å². The van der Waals surface area contributed by atoms with Crippen LogP contribution < -0.4 is 0 Å². The highest BCUT2D eigenvalue weighted by atomic mass is 16.2. The fourth-order valence-electron chi connectivity index (χ4n) is 3.28. The summed E-state index contributed by atoms with van der Waals surface area (Å²) < 4.78 is 3.65. The molecule has 1 aliphatic heterocycles. The summed E-state index contributed by atoms with van der Waals surface area (Å²) in [7, 11) is 1.87. The van der Waals surface area contributed by atoms with E-state index in [9.17, 15) is 4.79 Å². The van der Waals surface area contributed by atoms with Gasteiger partial charge in [0, 0.05) is 50.7 Å². The van der Waals surface area contributed by atoms with E-state index < -0.39 is 0 Å². The summed E-state index contributed by atoms with van der Waals surface area (Å²) >= 11 is 0. The predicted octanol–water partition coefficient (Wildman–Crippen LogP) is 1.92. The molecule has 1 amide bonds. The van der Waals surface area contributed by atoms with Crippen LogP contribution in [0.1, 0.15) is 37.4 Å². The highest BCUT2D eigenvalue weighted by molar-refractivity contribution is 5.91. The van der Waals surface area contributed by atoms with Gasteiger partial charge in [-0.3, -0.25) is 14.2 Å². The van der Waals surface area contributed by atoms with Crippen molar-refractivity contribution >= 4 is 12.0 Å². The Morgan fingerprint density at radius 1 is 1.40 bits per heavy atom. The van der Waals surface area contributed by atoms with E-state index in [0.717, 1.165) is 56.6 Å². The Balaban J connectivity index is 1.54. The summed E-state index contributed by atoms with van der Waals surface area (Å²) in [6.07, 6.45) is 13.4. The van der Waals surface area contributed by atoms with Crippen molar-refractivity contribution in [2.45, 2.75) is 39.2 Å². The molecule has 7 nitrogen and oxygen atoms in total. The van der Waals surface area contributed by atoms with Crippen LogP contribution >= 0.6 is 0 Å². The molecule has 2 aromatic heterocycles. The first-order valence-electron chi connectivity index (χ1n) is 8.98. The quantitative estimate of drug-likeness (QED) is 0.752. The van der Waals surface area contributed by atoms with Gasteiger partial charge in [0.25, 0.3) is 0 Å². The maximum absolute atomic E-state index is 12.4. The van der Waals surface area contributed by atoms with E-state index in [0.29, 0.717) is 5.92 Å². The van der Waals surface area contributed by atoms with Gasteiger partial charge in [0.15, 0.2) is 0 Å². The molecule has 0 aromatic carbocycles. The van der Waals surface area contributed by atoms with Crippen LogP contribution in [0, 0.1) is 5.92 Å². The lowest BCUT2D eigenvalue weighted by Gasteiger charge is -2.32. The zero-order valence-corrected chi connectivity index (χ0v) is 15.0. The topological polar surface area (TPSA) is 68.8 Å². The molecule has 0 bridgehead atoms. The van der Waals surface area contributed by atoms with Gasteiger partial charge in [-0.2, -0.15) is 5.10 Å². The molecule has 0 spiro atoms. The first-order valence-corrected chi connectivity index (χ1v) is 8.98. The van der Waals surface area contributed by atoms with Gasteiger partial charge in [-0.05, 0) is 31.3 Å². The molecule has 0 saturated carbocycles. The minimum Gasteiger partial charge on any atom is -0.339 e. The second kappa shape index (κ2) is 8.09. The normalized spacial score (nSPS) is 18.2. The Hall–Kier alpha value is -2.44. The van der Waals surface area contributed by atoms with Gasteiger partial charge in [0.2, 0.25) is 5.91 Å². The number of aromatic nitrogens is 5. The number of piperidine rings is 1. The summed E-state index contributed by atoms with van der Waals surface area (Å²) in [6.45, 7) is 4.57. The molecule has 134 valence electrons. The molecular weight excluding hydrogens is 316 g/mol. The average molecular weight is 342 g/mol. The molecule has 1 atom stereocenters. The van der Waals surface area contributed by atoms with E-state index in [-0.39, 0.29) is 5.91 Å². The molecule has 25 heavy (non-hydrogen) atoms. The number of hydrogen-bond donors (Lipinski definition) is 0. The lowest BCUT2D eigenvalue weighted by Crippen LogP contribution is -2.40. The van der Waals surface area contributed by atoms with E-state index in [1.807, 2.05) is 35.1 Å². The highest BCUT2D eigenvalue weighted by Crippen LogP contribution is 2.19. The lowest BCUT2D eigenvalue weighted by molar-refractivity contribution is -0.127. The number of carbonyl (C=O) groups excluding carboxylic acids is 1. The van der Waals surface area contributed by atoms with Crippen molar-refractivity contribution in [3.63, 3.8) is 0 Å². The molecule has 1 aliphatic rings. The number of aryl methyl sites for hydroxylation is 2. The summed E-state index contributed by atoms with van der Waals surface area (Å²) in [6, 6.07) is 0. The van der Waals surface area contributed by atoms with Crippen LogP contribution in [0.3, 0.4) is 0 Å². The van der Waals surface area contributed by atoms with Crippen LogP contribution in [-0.4, -0.2) is 48.7 Å². The average Bonchev–Trinajstić information content (AvgIpc) is 3.22. The molecule has 7 heteroatoms. The Morgan fingerprint density at radius 3 is 3.04 bits per heavy atom. The van der Waals surface area contributed by atoms with Gasteiger partial charge in [-0.25, -0.2) is 0 Å². The van der Waals surface area contributed by atoms with Crippen molar-refractivity contribution in [1.82, 2.24) is 29.7 Å². The Morgan fingerprint density at radius 2 is 2.28 bits per heavy atom. The van der Waals surface area contributed by atoms with E-state index in [1.165, 1.54) is 0 Å². The van der Waals surface area contributed by atoms with Crippen molar-refractivity contribution < 1.29 is 4.79 Å². The Kier molecular flexibility index (Phi) is 5.63. The standard InChI is InChI=1S/C18H26N6O/c1-3-5-17-14-24(21-20-17)13-16-6-4-9-23(12-16)18(25)8-7-15-10-19-22(2)11-15/h7-8,10-11,14,16H,3-6,9,12-13H2,1-2H3/b8-7+/t16-/m1/s1. The molecule has 0 radical (unpaired) electrons. The van der Waals surface area contributed by atoms with E-state index in [2.05, 4.69) is 22.3 Å². The summed E-state index contributed by atoms with van der Waals surface area (Å²) in [5.74, 6) is 0.500. The van der Waals surface area contributed by atoms with Crippen LogP contribution in [0.5, 0.6) is 0 Å². The Labute approximate surface area is 148 Å². The number of rotatable bonds is 6. The molecule has 3 rings (SSSR count). The number of amides is 1. The number of hydrogen-bond acceptors (Lipinski definition) is 4. The Bertz CT molecular complexity index is 732. The largest absolute Gasteiger partial charge is 0.339 e. The highest BCUT2D eigenvalue weighted by Gasteiger charge is 2.23. The smallest absolute Gasteiger partial charge is 0.246 e. The molecule has 1 fully saturated rings. The third kappa shape index (κ3) is 4.78. The van der Waals surface area contributed by atoms with Gasteiger partial charge in [0.05, 0.1) is 11.9 Å². The van der Waals surface area contributed by atoms with Gasteiger partial charge in [-0.1, -0.05) is 18.6 Å². The van der Waals surface area contributed by atoms with Crippen LogP contribution in [-0.2, 0) is 24.8 Å². The third-order valence-electron chi connectivity index (χ3n) is 4.51. The first-order chi connectivity index (χ1) is 12.1. The third-order valence-corrected chi connectivity index (χ3v) is 4.51. The fourth-order valence-corrected chi connectivity index (χ4v) is 3.28. The predicted molar refractivity (Wildman–Crippen MR) is 95.6 cm³/mol. The van der Waals surface area contributed by atoms with Crippen molar-refractivity contribution in [2.24, 2.45) is 13.0 Å². The van der Waals surface area contributed by atoms with Crippen LogP contribution in [0.2, 0.25) is 0 Å². The molecule has 0 N–H and O–H groups in total. The van der Waals surface area contributed by atoms with Crippen molar-refractivity contribution in [3.8, 4) is 0 Å². The first kappa shape index (κ1) is 17.4. The number of nitrogens with zero attached hydrogens (tertiary/aromatic N) is 6. The molecule has 1 saturated heterocycles. The van der Waals surface area contributed by atoms with Gasteiger partial charge < -0.3 is 4.90 Å². The van der Waals surface area contributed by atoms with Crippen LogP contribution in [0.25, 0.3) is 6.08 Å². The zero-order valence-electron chi connectivity index (χ0n) is 15.0. The van der Waals surface area contributed by atoms with Crippen molar-refractivity contribution in [1.29, 1.82) is 0 Å². The molecular formula is C18H26N6O. The number of likely N-dealkylation sites (tertiary alicyclic amines) is 1. The SMILES string of the molecule is CCCc1cn(C[C@@H]2CCCN(C(=O)/C=C/c3cnn(C)c3)C2)nn1.